The zero-order valence-electron chi connectivity index (χ0n) is 12.8. The number of hydrogen-bond acceptors (Lipinski definition) is 5. The summed E-state index contributed by atoms with van der Waals surface area (Å²) in [5.41, 5.74) is 1.19. The van der Waals surface area contributed by atoms with E-state index in [0.717, 1.165) is 19.4 Å². The van der Waals surface area contributed by atoms with E-state index in [1.807, 2.05) is 5.38 Å². The Bertz CT molecular complexity index is 751. The third-order valence-electron chi connectivity index (χ3n) is 4.07. The zero-order chi connectivity index (χ0) is 17.1. The largest absolute Gasteiger partial charge is 0.319 e. The van der Waals surface area contributed by atoms with Crippen LogP contribution in [0.15, 0.2) is 35.0 Å². The lowest BCUT2D eigenvalue weighted by molar-refractivity contribution is -0.383. The molecule has 0 spiro atoms. The summed E-state index contributed by atoms with van der Waals surface area (Å²) < 4.78 is 0. The minimum Gasteiger partial charge on any atom is -0.319 e. The minimum absolute atomic E-state index is 0.167. The van der Waals surface area contributed by atoms with Crippen LogP contribution in [0.3, 0.4) is 0 Å². The zero-order valence-corrected chi connectivity index (χ0v) is 14.3. The molecule has 1 amide bonds. The highest BCUT2D eigenvalue weighted by atomic mass is 35.5. The van der Waals surface area contributed by atoms with Gasteiger partial charge in [-0.15, -0.1) is 0 Å². The number of benzene rings is 1. The second kappa shape index (κ2) is 7.29. The van der Waals surface area contributed by atoms with Crippen molar-refractivity contribution in [3.8, 4) is 0 Å². The predicted octanol–water partition coefficient (Wildman–Crippen LogP) is 4.09. The molecule has 126 valence electrons. The number of nitro benzene ring substituents is 1. The summed E-state index contributed by atoms with van der Waals surface area (Å²) in [4.78, 5) is 25.0. The molecule has 1 N–H and O–H groups in total. The first kappa shape index (κ1) is 16.9. The number of nitro groups is 1. The standard InChI is InChI=1S/C16H16ClN3O3S/c17-12-3-4-13(15(8-12)20(22)23)18-16(21)9-19-6-1-2-14(19)11-5-7-24-10-11/h3-5,7-8,10,14H,1-2,6,9H2,(H,18,21). The first-order chi connectivity index (χ1) is 11.5. The van der Waals surface area contributed by atoms with Gasteiger partial charge >= 0.3 is 0 Å². The van der Waals surface area contributed by atoms with Crippen molar-refractivity contribution >= 4 is 40.2 Å². The maximum absolute atomic E-state index is 12.3. The number of anilines is 1. The van der Waals surface area contributed by atoms with Crippen LogP contribution in [0.5, 0.6) is 0 Å². The van der Waals surface area contributed by atoms with Crippen molar-refractivity contribution in [1.29, 1.82) is 0 Å². The number of carbonyl (C=O) groups excluding carboxylic acids is 1. The van der Waals surface area contributed by atoms with E-state index >= 15 is 0 Å². The van der Waals surface area contributed by atoms with Gasteiger partial charge in [0.2, 0.25) is 5.91 Å². The van der Waals surface area contributed by atoms with E-state index in [9.17, 15) is 14.9 Å². The maximum Gasteiger partial charge on any atom is 0.294 e. The van der Waals surface area contributed by atoms with E-state index in [-0.39, 0.29) is 34.9 Å². The van der Waals surface area contributed by atoms with Crippen LogP contribution < -0.4 is 5.32 Å². The molecule has 2 heterocycles. The Kier molecular flexibility index (Phi) is 5.13. The van der Waals surface area contributed by atoms with Crippen LogP contribution in [-0.2, 0) is 4.79 Å². The molecule has 24 heavy (non-hydrogen) atoms. The molecule has 0 radical (unpaired) electrons. The van der Waals surface area contributed by atoms with Crippen molar-refractivity contribution in [3.63, 3.8) is 0 Å². The summed E-state index contributed by atoms with van der Waals surface area (Å²) in [5, 5.41) is 18.1. The van der Waals surface area contributed by atoms with Gasteiger partial charge in [-0.2, -0.15) is 11.3 Å². The molecule has 1 fully saturated rings. The fourth-order valence-corrected chi connectivity index (χ4v) is 3.87. The molecule has 8 heteroatoms. The molecule has 6 nitrogen and oxygen atoms in total. The summed E-state index contributed by atoms with van der Waals surface area (Å²) in [5.74, 6) is -0.262. The summed E-state index contributed by atoms with van der Waals surface area (Å²) >= 11 is 7.43. The van der Waals surface area contributed by atoms with E-state index in [2.05, 4.69) is 21.7 Å². The lowest BCUT2D eigenvalue weighted by Gasteiger charge is -2.23. The first-order valence-corrected chi connectivity index (χ1v) is 8.86. The van der Waals surface area contributed by atoms with Gasteiger partial charge < -0.3 is 5.32 Å². The van der Waals surface area contributed by atoms with Crippen molar-refractivity contribution in [2.24, 2.45) is 0 Å². The van der Waals surface area contributed by atoms with E-state index in [0.29, 0.717) is 0 Å². The monoisotopic (exact) mass is 365 g/mol. The van der Waals surface area contributed by atoms with E-state index in [1.54, 1.807) is 11.3 Å². The Morgan fingerprint density at radius 3 is 3.00 bits per heavy atom. The van der Waals surface area contributed by atoms with Crippen LogP contribution >= 0.6 is 22.9 Å². The van der Waals surface area contributed by atoms with Crippen LogP contribution in [0, 0.1) is 10.1 Å². The topological polar surface area (TPSA) is 75.5 Å². The van der Waals surface area contributed by atoms with Gasteiger partial charge in [0.25, 0.3) is 5.69 Å². The summed E-state index contributed by atoms with van der Waals surface area (Å²) in [6, 6.07) is 6.53. The van der Waals surface area contributed by atoms with E-state index < -0.39 is 4.92 Å². The van der Waals surface area contributed by atoms with Gasteiger partial charge in [0.05, 0.1) is 11.5 Å². The summed E-state index contributed by atoms with van der Waals surface area (Å²) in [6.45, 7) is 1.05. The number of nitrogens with one attached hydrogen (secondary N) is 1. The number of rotatable bonds is 5. The maximum atomic E-state index is 12.3. The first-order valence-electron chi connectivity index (χ1n) is 7.54. The van der Waals surface area contributed by atoms with Crippen LogP contribution in [-0.4, -0.2) is 28.8 Å². The molecule has 1 saturated heterocycles. The normalized spacial score (nSPS) is 17.8. The Balaban J connectivity index is 1.69. The van der Waals surface area contributed by atoms with Crippen molar-refractivity contribution < 1.29 is 9.72 Å². The lowest BCUT2D eigenvalue weighted by Crippen LogP contribution is -2.32. The van der Waals surface area contributed by atoms with Gasteiger partial charge in [-0.25, -0.2) is 0 Å². The fraction of sp³-hybridized carbons (Fsp3) is 0.312. The summed E-state index contributed by atoms with van der Waals surface area (Å²) in [6.07, 6.45) is 2.06. The van der Waals surface area contributed by atoms with Crippen LogP contribution in [0.25, 0.3) is 0 Å². The molecule has 1 aromatic carbocycles. The number of thiophene rings is 1. The highest BCUT2D eigenvalue weighted by Gasteiger charge is 2.28. The SMILES string of the molecule is O=C(CN1CCCC1c1ccsc1)Nc1ccc(Cl)cc1[N+](=O)[O-]. The number of amides is 1. The second-order valence-electron chi connectivity index (χ2n) is 5.65. The van der Waals surface area contributed by atoms with Gasteiger partial charge in [-0.3, -0.25) is 19.8 Å². The average Bonchev–Trinajstić information content (AvgIpc) is 3.19. The second-order valence-corrected chi connectivity index (χ2v) is 6.87. The molecule has 1 aliphatic rings. The van der Waals surface area contributed by atoms with Crippen molar-refractivity contribution in [1.82, 2.24) is 4.90 Å². The Morgan fingerprint density at radius 2 is 2.29 bits per heavy atom. The van der Waals surface area contributed by atoms with Crippen LogP contribution in [0.4, 0.5) is 11.4 Å². The van der Waals surface area contributed by atoms with Crippen LogP contribution in [0.2, 0.25) is 5.02 Å². The molecule has 1 aliphatic heterocycles. The molecule has 3 rings (SSSR count). The van der Waals surface area contributed by atoms with Crippen LogP contribution in [0.1, 0.15) is 24.4 Å². The molecular formula is C16H16ClN3O3S. The predicted molar refractivity (Wildman–Crippen MR) is 94.6 cm³/mol. The van der Waals surface area contributed by atoms with Gasteiger partial charge in [0.15, 0.2) is 0 Å². The molecule has 0 bridgehead atoms. The number of hydrogen-bond donors (Lipinski definition) is 1. The van der Waals surface area contributed by atoms with E-state index in [1.165, 1.54) is 23.8 Å². The fourth-order valence-electron chi connectivity index (χ4n) is 2.99. The van der Waals surface area contributed by atoms with Crippen molar-refractivity contribution in [2.75, 3.05) is 18.4 Å². The Labute approximate surface area is 148 Å². The number of halogens is 1. The minimum atomic E-state index is -0.550. The third-order valence-corrected chi connectivity index (χ3v) is 5.01. The highest BCUT2D eigenvalue weighted by Crippen LogP contribution is 2.33. The van der Waals surface area contributed by atoms with E-state index in [4.69, 9.17) is 11.6 Å². The smallest absolute Gasteiger partial charge is 0.294 e. The number of carbonyl (C=O) groups is 1. The van der Waals surface area contributed by atoms with Crippen molar-refractivity contribution in [2.45, 2.75) is 18.9 Å². The van der Waals surface area contributed by atoms with Gasteiger partial charge in [-0.05, 0) is 53.9 Å². The average molecular weight is 366 g/mol. The molecule has 1 unspecified atom stereocenters. The molecule has 0 saturated carbocycles. The van der Waals surface area contributed by atoms with Crippen molar-refractivity contribution in [3.05, 3.63) is 55.7 Å². The quantitative estimate of drug-likeness (QED) is 0.639. The lowest BCUT2D eigenvalue weighted by atomic mass is 10.1. The number of likely N-dealkylation sites (tertiary alicyclic amines) is 1. The Morgan fingerprint density at radius 1 is 1.46 bits per heavy atom. The highest BCUT2D eigenvalue weighted by molar-refractivity contribution is 7.07. The molecule has 1 aromatic heterocycles. The van der Waals surface area contributed by atoms with Gasteiger partial charge in [0, 0.05) is 17.1 Å². The molecule has 1 atom stereocenters. The summed E-state index contributed by atoms with van der Waals surface area (Å²) in [7, 11) is 0. The molecular weight excluding hydrogens is 350 g/mol. The molecule has 0 aliphatic carbocycles. The third kappa shape index (κ3) is 3.75. The Hall–Kier alpha value is -1.96. The van der Waals surface area contributed by atoms with Gasteiger partial charge in [0.1, 0.15) is 5.69 Å². The molecule has 2 aromatic rings. The number of nitrogens with zero attached hydrogens (tertiary/aromatic N) is 2. The van der Waals surface area contributed by atoms with Gasteiger partial charge in [-0.1, -0.05) is 11.6 Å².